The molecule has 1 N–H and O–H groups in total. The third kappa shape index (κ3) is 7.61. The van der Waals surface area contributed by atoms with Gasteiger partial charge in [-0.3, -0.25) is 4.79 Å². The van der Waals surface area contributed by atoms with Gasteiger partial charge in [0, 0.05) is 18.4 Å². The number of benzene rings is 2. The van der Waals surface area contributed by atoms with Gasteiger partial charge in [-0.1, -0.05) is 102 Å². The molecule has 0 saturated carbocycles. The van der Waals surface area contributed by atoms with Crippen LogP contribution in [0.5, 0.6) is 0 Å². The van der Waals surface area contributed by atoms with E-state index < -0.39 is 20.3 Å². The first kappa shape index (κ1) is 28.4. The van der Waals surface area contributed by atoms with Crippen LogP contribution in [0.3, 0.4) is 0 Å². The van der Waals surface area contributed by atoms with Crippen molar-refractivity contribution in [2.24, 2.45) is 11.8 Å². The molecule has 0 amide bonds. The van der Waals surface area contributed by atoms with E-state index >= 15 is 0 Å². The van der Waals surface area contributed by atoms with Crippen LogP contribution in [0.4, 0.5) is 0 Å². The topological polar surface area (TPSA) is 55.8 Å². The minimum absolute atomic E-state index is 0.0545. The van der Waals surface area contributed by atoms with Crippen molar-refractivity contribution < 1.29 is 19.1 Å². The quantitative estimate of drug-likeness (QED) is 0.253. The molecular formula is C29H44O4Si. The molecular weight excluding hydrogens is 440 g/mol. The van der Waals surface area contributed by atoms with E-state index in [1.54, 1.807) is 0 Å². The van der Waals surface area contributed by atoms with Crippen molar-refractivity contribution in [3.63, 3.8) is 0 Å². The maximum absolute atomic E-state index is 12.8. The van der Waals surface area contributed by atoms with E-state index in [1.165, 1.54) is 5.19 Å². The molecule has 0 aromatic heterocycles. The molecule has 5 heteroatoms. The van der Waals surface area contributed by atoms with E-state index in [1.807, 2.05) is 50.2 Å². The molecule has 3 atom stereocenters. The second kappa shape index (κ2) is 13.9. The molecule has 0 heterocycles. The molecule has 34 heavy (non-hydrogen) atoms. The van der Waals surface area contributed by atoms with Gasteiger partial charge in [-0.2, -0.15) is 0 Å². The Hall–Kier alpha value is -1.79. The number of aliphatic hydroxyl groups is 1. The summed E-state index contributed by atoms with van der Waals surface area (Å²) in [6, 6.07) is 20.6. The Morgan fingerprint density at radius 2 is 1.44 bits per heavy atom. The minimum atomic E-state index is -2.17. The van der Waals surface area contributed by atoms with E-state index in [0.717, 1.165) is 12.0 Å². The first-order valence-electron chi connectivity index (χ1n) is 12.7. The smallest absolute Gasteiger partial charge is 0.229 e. The molecule has 4 nitrogen and oxygen atoms in total. The second-order valence-corrected chi connectivity index (χ2v) is 14.9. The average Bonchev–Trinajstić information content (AvgIpc) is 2.83. The molecule has 0 unspecified atom stereocenters. The van der Waals surface area contributed by atoms with Gasteiger partial charge >= 0.3 is 0 Å². The van der Waals surface area contributed by atoms with Crippen LogP contribution in [0.25, 0.3) is 0 Å². The van der Waals surface area contributed by atoms with Crippen LogP contribution in [0.2, 0.25) is 11.1 Å². The highest BCUT2D eigenvalue weighted by Crippen LogP contribution is 2.33. The van der Waals surface area contributed by atoms with Crippen LogP contribution in [0, 0.1) is 11.8 Å². The zero-order valence-electron chi connectivity index (χ0n) is 21.9. The first-order valence-corrected chi connectivity index (χ1v) is 14.8. The molecule has 0 aliphatic rings. The number of aliphatic hydroxyl groups excluding tert-OH is 1. The Balaban J connectivity index is 1.83. The van der Waals surface area contributed by atoms with Crippen molar-refractivity contribution in [2.75, 3.05) is 13.2 Å². The van der Waals surface area contributed by atoms with Gasteiger partial charge in [0.2, 0.25) is 8.32 Å². The maximum Gasteiger partial charge on any atom is 0.229 e. The molecule has 0 aliphatic carbocycles. The minimum Gasteiger partial charge on any atom is -0.412 e. The fourth-order valence-electron chi connectivity index (χ4n) is 4.88. The van der Waals surface area contributed by atoms with Gasteiger partial charge in [-0.25, -0.2) is 0 Å². The number of carbonyl (C=O) groups is 1. The summed E-state index contributed by atoms with van der Waals surface area (Å²) < 4.78 is 12.4. The van der Waals surface area contributed by atoms with Gasteiger partial charge in [0.1, 0.15) is 5.78 Å². The van der Waals surface area contributed by atoms with Crippen molar-refractivity contribution in [1.82, 2.24) is 0 Å². The first-order chi connectivity index (χ1) is 16.2. The second-order valence-electron chi connectivity index (χ2n) is 10.1. The lowest BCUT2D eigenvalue weighted by Gasteiger charge is -2.39. The molecule has 2 aromatic carbocycles. The van der Waals surface area contributed by atoms with Crippen LogP contribution < -0.4 is 5.19 Å². The molecule has 0 fully saturated rings. The fraction of sp³-hybridized carbons (Fsp3) is 0.552. The van der Waals surface area contributed by atoms with Crippen molar-refractivity contribution in [3.8, 4) is 0 Å². The molecule has 188 valence electrons. The van der Waals surface area contributed by atoms with Crippen molar-refractivity contribution >= 4 is 19.3 Å². The predicted molar refractivity (Wildman–Crippen MR) is 143 cm³/mol. The van der Waals surface area contributed by atoms with Crippen LogP contribution in [-0.2, 0) is 20.6 Å². The fourth-order valence-corrected chi connectivity index (χ4v) is 9.58. The lowest BCUT2D eigenvalue weighted by atomic mass is 9.89. The summed E-state index contributed by atoms with van der Waals surface area (Å²) in [7, 11) is -2.17. The summed E-state index contributed by atoms with van der Waals surface area (Å²) in [6.07, 6.45) is 0.622. The Morgan fingerprint density at radius 1 is 0.882 bits per heavy atom. The van der Waals surface area contributed by atoms with Crippen LogP contribution in [0.15, 0.2) is 60.7 Å². The molecule has 0 bridgehead atoms. The molecule has 2 rings (SSSR count). The highest BCUT2D eigenvalue weighted by atomic mass is 28.4. The van der Waals surface area contributed by atoms with Crippen molar-refractivity contribution in [2.45, 2.75) is 78.2 Å². The largest absolute Gasteiger partial charge is 0.412 e. The van der Waals surface area contributed by atoms with Gasteiger partial charge in [-0.15, -0.1) is 0 Å². The maximum atomic E-state index is 12.8. The van der Waals surface area contributed by atoms with Crippen LogP contribution in [0.1, 0.15) is 59.9 Å². The summed E-state index contributed by atoms with van der Waals surface area (Å²) in [4.78, 5) is 12.8. The Morgan fingerprint density at radius 3 is 2.00 bits per heavy atom. The van der Waals surface area contributed by atoms with Gasteiger partial charge in [0.15, 0.2) is 0 Å². The number of Topliss-reactive ketones (excluding diaryl/α,β-unsaturated/α-hetero) is 1. The highest BCUT2D eigenvalue weighted by molar-refractivity contribution is 6.88. The summed E-state index contributed by atoms with van der Waals surface area (Å²) >= 11 is 0. The Labute approximate surface area is 207 Å². The zero-order chi connectivity index (χ0) is 25.1. The number of ether oxygens (including phenoxy) is 1. The van der Waals surface area contributed by atoms with Gasteiger partial charge in [0.05, 0.1) is 19.3 Å². The van der Waals surface area contributed by atoms with Gasteiger partial charge in [0.25, 0.3) is 0 Å². The SMILES string of the molecule is CC(C)[Si](OCCC[C@@H](O)[C@@H](C)C(=O)[C@H](C)COCc1ccccc1)(c1ccccc1)C(C)C. The summed E-state index contributed by atoms with van der Waals surface area (Å²) in [6.45, 7) is 14.2. The average molecular weight is 485 g/mol. The monoisotopic (exact) mass is 484 g/mol. The van der Waals surface area contributed by atoms with Gasteiger partial charge < -0.3 is 14.3 Å². The van der Waals surface area contributed by atoms with E-state index in [2.05, 4.69) is 52.0 Å². The summed E-state index contributed by atoms with van der Waals surface area (Å²) in [5, 5.41) is 12.0. The summed E-state index contributed by atoms with van der Waals surface area (Å²) in [5.74, 6) is -0.606. The third-order valence-electron chi connectivity index (χ3n) is 6.92. The number of rotatable bonds is 15. The van der Waals surface area contributed by atoms with E-state index in [4.69, 9.17) is 9.16 Å². The summed E-state index contributed by atoms with van der Waals surface area (Å²) in [5.41, 5.74) is 1.97. The van der Waals surface area contributed by atoms with E-state index in [0.29, 0.717) is 37.3 Å². The molecule has 0 aliphatic heterocycles. The predicted octanol–water partition coefficient (Wildman–Crippen LogP) is 5.87. The lowest BCUT2D eigenvalue weighted by molar-refractivity contribution is -0.131. The zero-order valence-corrected chi connectivity index (χ0v) is 22.9. The number of ketones is 1. The Bertz CT molecular complexity index is 830. The van der Waals surface area contributed by atoms with Crippen molar-refractivity contribution in [3.05, 3.63) is 66.2 Å². The van der Waals surface area contributed by atoms with E-state index in [-0.39, 0.29) is 11.7 Å². The molecule has 0 saturated heterocycles. The molecule has 2 aromatic rings. The van der Waals surface area contributed by atoms with Crippen molar-refractivity contribution in [1.29, 1.82) is 0 Å². The van der Waals surface area contributed by atoms with Gasteiger partial charge in [-0.05, 0) is 34.7 Å². The molecule has 0 radical (unpaired) electrons. The Kier molecular flexibility index (Phi) is 11.7. The standard InChI is InChI=1S/C29H44O4Si/c1-22(2)34(23(3)4,27-16-11-8-12-17-27)33-19-13-18-28(30)25(6)29(31)24(5)20-32-21-26-14-9-7-10-15-26/h7-12,14-17,22-25,28,30H,13,18-21H2,1-6H3/t24-,25-,28-/m1/s1. The van der Waals surface area contributed by atoms with Crippen LogP contribution in [-0.4, -0.2) is 38.5 Å². The number of carbonyl (C=O) groups excluding carboxylic acids is 1. The van der Waals surface area contributed by atoms with Crippen LogP contribution >= 0.6 is 0 Å². The number of hydrogen-bond acceptors (Lipinski definition) is 4. The molecule has 0 spiro atoms. The lowest BCUT2D eigenvalue weighted by Crippen LogP contribution is -2.56. The highest BCUT2D eigenvalue weighted by Gasteiger charge is 2.43. The van der Waals surface area contributed by atoms with E-state index in [9.17, 15) is 9.90 Å². The third-order valence-corrected chi connectivity index (χ3v) is 12.3. The number of hydrogen-bond donors (Lipinski definition) is 1. The normalized spacial score (nSPS) is 14.9.